The summed E-state index contributed by atoms with van der Waals surface area (Å²) >= 11 is 0. The molecule has 1 aliphatic rings. The molecule has 0 radical (unpaired) electrons. The molecular formula is C56H39NO. The molecule has 0 amide bonds. The number of anilines is 3. The molecule has 0 bridgehead atoms. The van der Waals surface area contributed by atoms with Crippen LogP contribution in [0.4, 0.5) is 17.1 Å². The predicted molar refractivity (Wildman–Crippen MR) is 246 cm³/mol. The number of benzene rings is 9. The number of para-hydroxylation sites is 1. The third kappa shape index (κ3) is 6.16. The molecule has 0 N–H and O–H groups in total. The van der Waals surface area contributed by atoms with Gasteiger partial charge in [-0.05, 0) is 140 Å². The minimum atomic E-state index is 0.932. The molecule has 2 heteroatoms. The Bertz CT molecular complexity index is 3200. The Morgan fingerprint density at radius 2 is 1.02 bits per heavy atom. The summed E-state index contributed by atoms with van der Waals surface area (Å²) in [5.74, 6) is 0. The molecule has 2 nitrogen and oxygen atoms in total. The lowest BCUT2D eigenvalue weighted by Gasteiger charge is -2.27. The van der Waals surface area contributed by atoms with E-state index in [1.807, 2.05) is 12.1 Å². The predicted octanol–water partition coefficient (Wildman–Crippen LogP) is 16.0. The Hall–Kier alpha value is -7.42. The highest BCUT2D eigenvalue weighted by Gasteiger charge is 2.17. The van der Waals surface area contributed by atoms with Crippen molar-refractivity contribution in [2.45, 2.75) is 12.8 Å². The zero-order chi connectivity index (χ0) is 38.4. The molecule has 0 unspecified atom stereocenters. The highest BCUT2D eigenvalue weighted by atomic mass is 16.3. The van der Waals surface area contributed by atoms with Gasteiger partial charge in [-0.2, -0.15) is 0 Å². The zero-order valence-electron chi connectivity index (χ0n) is 32.0. The standard InChI is InChI=1S/C56H39NO/c1-2-10-38(11-3-1)45-16-9-17-51(37-45)57(50-30-24-41(25-31-50)46-21-20-39-12-4-5-13-42(39)35-46)49-28-22-40(23-29-49)43-14-8-15-44(34-43)47-26-32-52-48(36-47)27-33-55-56(52)53-18-6-7-19-54(53)58-55/h1-7,9-13,15-37H,8,14H2. The molecule has 0 saturated carbocycles. The van der Waals surface area contributed by atoms with Gasteiger partial charge in [0.05, 0.1) is 0 Å². The first-order chi connectivity index (χ1) is 28.7. The van der Waals surface area contributed by atoms with Crippen molar-refractivity contribution in [2.24, 2.45) is 0 Å². The minimum Gasteiger partial charge on any atom is -0.456 e. The van der Waals surface area contributed by atoms with Crippen molar-refractivity contribution < 1.29 is 4.42 Å². The molecular weight excluding hydrogens is 703 g/mol. The molecule has 274 valence electrons. The Morgan fingerprint density at radius 1 is 0.379 bits per heavy atom. The van der Waals surface area contributed by atoms with Gasteiger partial charge in [0.2, 0.25) is 0 Å². The van der Waals surface area contributed by atoms with E-state index in [0.717, 1.165) is 41.1 Å². The third-order valence-electron chi connectivity index (χ3n) is 11.7. The van der Waals surface area contributed by atoms with Crippen molar-refractivity contribution in [3.8, 4) is 22.3 Å². The Labute approximate surface area is 338 Å². The van der Waals surface area contributed by atoms with Crippen molar-refractivity contribution in [1.82, 2.24) is 0 Å². The molecule has 0 aliphatic heterocycles. The normalized spacial score (nSPS) is 12.9. The first-order valence-corrected chi connectivity index (χ1v) is 20.1. The highest BCUT2D eigenvalue weighted by molar-refractivity contribution is 6.19. The van der Waals surface area contributed by atoms with Gasteiger partial charge in [-0.25, -0.2) is 0 Å². The van der Waals surface area contributed by atoms with E-state index in [1.54, 1.807) is 0 Å². The van der Waals surface area contributed by atoms with E-state index in [1.165, 1.54) is 76.8 Å². The molecule has 9 aromatic carbocycles. The molecule has 10 aromatic rings. The minimum absolute atomic E-state index is 0.932. The maximum Gasteiger partial charge on any atom is 0.136 e. The lowest BCUT2D eigenvalue weighted by atomic mass is 9.89. The quantitative estimate of drug-likeness (QED) is 0.162. The number of fused-ring (bicyclic) bond motifs is 6. The van der Waals surface area contributed by atoms with E-state index >= 15 is 0 Å². The lowest BCUT2D eigenvalue weighted by Crippen LogP contribution is -2.10. The first-order valence-electron chi connectivity index (χ1n) is 20.1. The van der Waals surface area contributed by atoms with Crippen LogP contribution in [0.15, 0.2) is 217 Å². The summed E-state index contributed by atoms with van der Waals surface area (Å²) in [6.45, 7) is 0. The second-order valence-electron chi connectivity index (χ2n) is 15.2. The molecule has 0 fully saturated rings. The summed E-state index contributed by atoms with van der Waals surface area (Å²) in [7, 11) is 0. The number of furan rings is 1. The fourth-order valence-electron chi connectivity index (χ4n) is 8.76. The van der Waals surface area contributed by atoms with E-state index in [0.29, 0.717) is 0 Å². The summed E-state index contributed by atoms with van der Waals surface area (Å²) < 4.78 is 6.18. The van der Waals surface area contributed by atoms with Crippen molar-refractivity contribution in [3.63, 3.8) is 0 Å². The molecule has 58 heavy (non-hydrogen) atoms. The summed E-state index contributed by atoms with van der Waals surface area (Å²) in [5, 5.41) is 7.31. The van der Waals surface area contributed by atoms with Gasteiger partial charge in [0.15, 0.2) is 0 Å². The van der Waals surface area contributed by atoms with E-state index < -0.39 is 0 Å². The molecule has 0 spiro atoms. The first kappa shape index (κ1) is 33.9. The average Bonchev–Trinajstić information content (AvgIpc) is 3.69. The number of nitrogens with zero attached hydrogens (tertiary/aromatic N) is 1. The lowest BCUT2D eigenvalue weighted by molar-refractivity contribution is 0.669. The summed E-state index contributed by atoms with van der Waals surface area (Å²) in [4.78, 5) is 2.37. The van der Waals surface area contributed by atoms with Crippen LogP contribution < -0.4 is 4.90 Å². The maximum absolute atomic E-state index is 6.18. The van der Waals surface area contributed by atoms with Gasteiger partial charge >= 0.3 is 0 Å². The van der Waals surface area contributed by atoms with Gasteiger partial charge < -0.3 is 9.32 Å². The molecule has 1 aromatic heterocycles. The number of hydrogen-bond acceptors (Lipinski definition) is 2. The van der Waals surface area contributed by atoms with Crippen molar-refractivity contribution in [3.05, 3.63) is 223 Å². The Morgan fingerprint density at radius 3 is 1.86 bits per heavy atom. The molecule has 11 rings (SSSR count). The smallest absolute Gasteiger partial charge is 0.136 e. The van der Waals surface area contributed by atoms with Crippen LogP contribution in [0.25, 0.3) is 76.9 Å². The average molecular weight is 742 g/mol. The summed E-state index contributed by atoms with van der Waals surface area (Å²) in [5.41, 5.74) is 15.2. The van der Waals surface area contributed by atoms with Crippen LogP contribution in [0.3, 0.4) is 0 Å². The van der Waals surface area contributed by atoms with Crippen LogP contribution in [0.2, 0.25) is 0 Å². The second kappa shape index (κ2) is 14.3. The van der Waals surface area contributed by atoms with Gasteiger partial charge in [0.1, 0.15) is 11.2 Å². The highest BCUT2D eigenvalue weighted by Crippen LogP contribution is 2.40. The van der Waals surface area contributed by atoms with Crippen molar-refractivity contribution in [2.75, 3.05) is 4.90 Å². The van der Waals surface area contributed by atoms with Crippen molar-refractivity contribution in [1.29, 1.82) is 0 Å². The third-order valence-corrected chi connectivity index (χ3v) is 11.7. The maximum atomic E-state index is 6.18. The zero-order valence-corrected chi connectivity index (χ0v) is 32.0. The van der Waals surface area contributed by atoms with Gasteiger partial charge in [0, 0.05) is 27.8 Å². The molecule has 0 saturated heterocycles. The molecule has 1 aliphatic carbocycles. The van der Waals surface area contributed by atoms with E-state index in [2.05, 4.69) is 205 Å². The van der Waals surface area contributed by atoms with Crippen LogP contribution in [0.1, 0.15) is 24.0 Å². The van der Waals surface area contributed by atoms with Crippen LogP contribution >= 0.6 is 0 Å². The van der Waals surface area contributed by atoms with E-state index in [9.17, 15) is 0 Å². The Balaban J connectivity index is 0.928. The SMILES string of the molecule is C1=C(c2ccc3c(ccc4oc5ccccc5c43)c2)C=C(c2ccc(N(c3ccc(-c4ccc5ccccc5c4)cc3)c3cccc(-c4ccccc4)c3)cc2)CC1. The summed E-state index contributed by atoms with van der Waals surface area (Å²) in [6, 6.07) is 72.4. The summed E-state index contributed by atoms with van der Waals surface area (Å²) in [6.07, 6.45) is 6.79. The fourth-order valence-corrected chi connectivity index (χ4v) is 8.76. The van der Waals surface area contributed by atoms with E-state index in [-0.39, 0.29) is 0 Å². The molecule has 0 atom stereocenters. The van der Waals surface area contributed by atoms with Gasteiger partial charge in [0.25, 0.3) is 0 Å². The monoisotopic (exact) mass is 741 g/mol. The second-order valence-corrected chi connectivity index (χ2v) is 15.2. The van der Waals surface area contributed by atoms with Crippen LogP contribution in [0, 0.1) is 0 Å². The van der Waals surface area contributed by atoms with Crippen LogP contribution in [0.5, 0.6) is 0 Å². The van der Waals surface area contributed by atoms with E-state index in [4.69, 9.17) is 4.42 Å². The van der Waals surface area contributed by atoms with Gasteiger partial charge in [-0.1, -0.05) is 152 Å². The number of hydrogen-bond donors (Lipinski definition) is 0. The number of rotatable bonds is 7. The largest absolute Gasteiger partial charge is 0.456 e. The molecule has 1 heterocycles. The Kier molecular flexibility index (Phi) is 8.33. The topological polar surface area (TPSA) is 16.4 Å². The number of allylic oxidation sites excluding steroid dienone is 4. The van der Waals surface area contributed by atoms with Gasteiger partial charge in [-0.3, -0.25) is 0 Å². The van der Waals surface area contributed by atoms with Crippen LogP contribution in [-0.4, -0.2) is 0 Å². The van der Waals surface area contributed by atoms with Crippen molar-refractivity contribution >= 4 is 71.7 Å². The van der Waals surface area contributed by atoms with Gasteiger partial charge in [-0.15, -0.1) is 0 Å². The fraction of sp³-hybridized carbons (Fsp3) is 0.0357. The van der Waals surface area contributed by atoms with Crippen LogP contribution in [-0.2, 0) is 0 Å².